The Morgan fingerprint density at radius 1 is 1.06 bits per heavy atom. The lowest BCUT2D eigenvalue weighted by Gasteiger charge is -2.06. The Morgan fingerprint density at radius 3 is 2.47 bits per heavy atom. The van der Waals surface area contributed by atoms with Gasteiger partial charge in [-0.1, -0.05) is 6.07 Å². The first-order valence-corrected chi connectivity index (χ1v) is 5.16. The van der Waals surface area contributed by atoms with E-state index in [0.717, 1.165) is 5.69 Å². The van der Waals surface area contributed by atoms with Crippen LogP contribution in [0.1, 0.15) is 11.3 Å². The average molecular weight is 235 g/mol. The maximum atomic E-state index is 13.3. The van der Waals surface area contributed by atoms with E-state index in [-0.39, 0.29) is 12.1 Å². The molecule has 0 unspecified atom stereocenters. The van der Waals surface area contributed by atoms with Crippen LogP contribution in [0.5, 0.6) is 0 Å². The van der Waals surface area contributed by atoms with E-state index in [4.69, 9.17) is 0 Å². The van der Waals surface area contributed by atoms with Gasteiger partial charge in [0.25, 0.3) is 0 Å². The smallest absolute Gasteiger partial charge is 0.130 e. The maximum absolute atomic E-state index is 13.3. The Morgan fingerprint density at radius 2 is 1.82 bits per heavy atom. The van der Waals surface area contributed by atoms with Crippen molar-refractivity contribution in [2.45, 2.75) is 13.1 Å². The van der Waals surface area contributed by atoms with E-state index in [1.807, 2.05) is 0 Å². The molecule has 0 saturated carbocycles. The van der Waals surface area contributed by atoms with Gasteiger partial charge in [0.2, 0.25) is 0 Å². The molecule has 1 N–H and O–H groups in total. The average Bonchev–Trinajstić information content (AvgIpc) is 2.34. The van der Waals surface area contributed by atoms with E-state index in [2.05, 4.69) is 15.3 Å². The van der Waals surface area contributed by atoms with Gasteiger partial charge in [0, 0.05) is 24.8 Å². The van der Waals surface area contributed by atoms with E-state index in [9.17, 15) is 8.78 Å². The second-order valence-electron chi connectivity index (χ2n) is 3.50. The first-order valence-electron chi connectivity index (χ1n) is 5.16. The molecule has 3 nitrogen and oxygen atoms in total. The van der Waals surface area contributed by atoms with E-state index < -0.39 is 11.6 Å². The predicted octanol–water partition coefficient (Wildman–Crippen LogP) is 2.04. The summed E-state index contributed by atoms with van der Waals surface area (Å²) in [6.07, 6.45) is 3.05. The van der Waals surface area contributed by atoms with Gasteiger partial charge in [-0.3, -0.25) is 0 Å². The van der Waals surface area contributed by atoms with Crippen LogP contribution in [0.25, 0.3) is 0 Å². The number of hydrogen-bond donors (Lipinski definition) is 1. The predicted molar refractivity (Wildman–Crippen MR) is 58.9 cm³/mol. The van der Waals surface area contributed by atoms with Crippen molar-refractivity contribution in [3.63, 3.8) is 0 Å². The molecule has 0 bridgehead atoms. The number of hydrogen-bond acceptors (Lipinski definition) is 3. The second kappa shape index (κ2) is 5.45. The summed E-state index contributed by atoms with van der Waals surface area (Å²) in [5.41, 5.74) is 0.818. The number of rotatable bonds is 4. The quantitative estimate of drug-likeness (QED) is 0.881. The number of nitrogens with zero attached hydrogens (tertiary/aromatic N) is 2. The van der Waals surface area contributed by atoms with Gasteiger partial charge in [-0.25, -0.2) is 18.7 Å². The summed E-state index contributed by atoms with van der Waals surface area (Å²) in [5.74, 6) is -1.08. The van der Waals surface area contributed by atoms with Crippen LogP contribution in [-0.4, -0.2) is 9.97 Å². The van der Waals surface area contributed by atoms with Crippen LogP contribution in [0, 0.1) is 11.6 Å². The zero-order chi connectivity index (χ0) is 12.1. The van der Waals surface area contributed by atoms with E-state index in [0.29, 0.717) is 6.54 Å². The second-order valence-corrected chi connectivity index (χ2v) is 3.50. The molecule has 0 aliphatic heterocycles. The summed E-state index contributed by atoms with van der Waals surface area (Å²) < 4.78 is 26.5. The van der Waals surface area contributed by atoms with Crippen LogP contribution >= 0.6 is 0 Å². The van der Waals surface area contributed by atoms with Gasteiger partial charge < -0.3 is 5.32 Å². The topological polar surface area (TPSA) is 37.8 Å². The Hall–Kier alpha value is -1.88. The molecule has 0 aliphatic rings. The first kappa shape index (κ1) is 11.6. The lowest BCUT2D eigenvalue weighted by atomic mass is 10.2. The van der Waals surface area contributed by atoms with Crippen molar-refractivity contribution in [2.75, 3.05) is 0 Å². The molecule has 0 amide bonds. The lowest BCUT2D eigenvalue weighted by molar-refractivity contribution is 0.534. The van der Waals surface area contributed by atoms with Gasteiger partial charge in [0.1, 0.15) is 18.0 Å². The fourth-order valence-corrected chi connectivity index (χ4v) is 1.44. The van der Waals surface area contributed by atoms with Gasteiger partial charge in [-0.05, 0) is 18.2 Å². The van der Waals surface area contributed by atoms with Crippen LogP contribution < -0.4 is 5.32 Å². The Labute approximate surface area is 97.5 Å². The molecule has 0 radical (unpaired) electrons. The summed E-state index contributed by atoms with van der Waals surface area (Å²) in [7, 11) is 0. The number of nitrogens with one attached hydrogen (secondary N) is 1. The molecule has 1 aromatic carbocycles. The Balaban J connectivity index is 1.95. The van der Waals surface area contributed by atoms with E-state index in [1.54, 1.807) is 12.3 Å². The third-order valence-electron chi connectivity index (χ3n) is 2.31. The van der Waals surface area contributed by atoms with Gasteiger partial charge >= 0.3 is 0 Å². The van der Waals surface area contributed by atoms with Crippen LogP contribution in [0.2, 0.25) is 0 Å². The lowest BCUT2D eigenvalue weighted by Crippen LogP contribution is -2.15. The summed E-state index contributed by atoms with van der Waals surface area (Å²) in [5, 5.41) is 2.93. The third-order valence-corrected chi connectivity index (χ3v) is 2.31. The summed E-state index contributed by atoms with van der Waals surface area (Å²) >= 11 is 0. The fourth-order valence-electron chi connectivity index (χ4n) is 1.44. The SMILES string of the molecule is Fc1cccc(F)c1CNCc1ccncn1. The highest BCUT2D eigenvalue weighted by atomic mass is 19.1. The molecule has 1 heterocycles. The highest BCUT2D eigenvalue weighted by molar-refractivity contribution is 5.19. The van der Waals surface area contributed by atoms with Gasteiger partial charge in [0.15, 0.2) is 0 Å². The van der Waals surface area contributed by atoms with Gasteiger partial charge in [-0.15, -0.1) is 0 Å². The maximum Gasteiger partial charge on any atom is 0.130 e. The van der Waals surface area contributed by atoms with E-state index in [1.165, 1.54) is 24.5 Å². The first-order chi connectivity index (χ1) is 8.27. The molecular weight excluding hydrogens is 224 g/mol. The monoisotopic (exact) mass is 235 g/mol. The zero-order valence-electron chi connectivity index (χ0n) is 9.03. The molecule has 0 saturated heterocycles. The standard InChI is InChI=1S/C12H11F2N3/c13-11-2-1-3-12(14)10(11)7-16-6-9-4-5-15-8-17-9/h1-5,8,16H,6-7H2. The van der Waals surface area contributed by atoms with Gasteiger partial charge in [-0.2, -0.15) is 0 Å². The Kier molecular flexibility index (Phi) is 3.72. The summed E-state index contributed by atoms with van der Waals surface area (Å²) in [6.45, 7) is 0.568. The molecule has 0 spiro atoms. The molecule has 2 aromatic rings. The molecule has 1 aromatic heterocycles. The zero-order valence-corrected chi connectivity index (χ0v) is 9.03. The molecule has 88 valence electrons. The number of benzene rings is 1. The number of halogens is 2. The minimum absolute atomic E-state index is 0.0431. The highest BCUT2D eigenvalue weighted by Gasteiger charge is 2.07. The molecule has 0 atom stereocenters. The molecular formula is C12H11F2N3. The summed E-state index contributed by atoms with van der Waals surface area (Å²) in [6, 6.07) is 5.57. The van der Waals surface area contributed by atoms with Crippen molar-refractivity contribution >= 4 is 0 Å². The Bertz CT molecular complexity index is 468. The van der Waals surface area contributed by atoms with Crippen LogP contribution in [-0.2, 0) is 13.1 Å². The fraction of sp³-hybridized carbons (Fsp3) is 0.167. The van der Waals surface area contributed by atoms with Crippen molar-refractivity contribution < 1.29 is 8.78 Å². The van der Waals surface area contributed by atoms with Crippen molar-refractivity contribution in [2.24, 2.45) is 0 Å². The molecule has 17 heavy (non-hydrogen) atoms. The number of aromatic nitrogens is 2. The van der Waals surface area contributed by atoms with Crippen molar-refractivity contribution in [1.82, 2.24) is 15.3 Å². The summed E-state index contributed by atoms with van der Waals surface area (Å²) in [4.78, 5) is 7.77. The molecule has 5 heteroatoms. The molecule has 0 fully saturated rings. The largest absolute Gasteiger partial charge is 0.307 e. The minimum Gasteiger partial charge on any atom is -0.307 e. The van der Waals surface area contributed by atoms with E-state index >= 15 is 0 Å². The van der Waals surface area contributed by atoms with Gasteiger partial charge in [0.05, 0.1) is 5.69 Å². The van der Waals surface area contributed by atoms with Crippen LogP contribution in [0.3, 0.4) is 0 Å². The van der Waals surface area contributed by atoms with Crippen LogP contribution in [0.15, 0.2) is 36.8 Å². The minimum atomic E-state index is -0.541. The third kappa shape index (κ3) is 3.04. The van der Waals surface area contributed by atoms with Crippen LogP contribution in [0.4, 0.5) is 8.78 Å². The van der Waals surface area contributed by atoms with Crippen molar-refractivity contribution in [1.29, 1.82) is 0 Å². The highest BCUT2D eigenvalue weighted by Crippen LogP contribution is 2.11. The molecule has 0 aliphatic carbocycles. The normalized spacial score (nSPS) is 10.5. The molecule has 2 rings (SSSR count). The van der Waals surface area contributed by atoms with Crippen molar-refractivity contribution in [3.8, 4) is 0 Å². The van der Waals surface area contributed by atoms with Crippen molar-refractivity contribution in [3.05, 3.63) is 59.7 Å².